The lowest BCUT2D eigenvalue weighted by Crippen LogP contribution is -2.30. The predicted molar refractivity (Wildman–Crippen MR) is 115 cm³/mol. The number of hydrogen-bond donors (Lipinski definition) is 0. The van der Waals surface area contributed by atoms with Gasteiger partial charge in [-0.15, -0.1) is 0 Å². The average Bonchev–Trinajstić information content (AvgIpc) is 3.11. The maximum atomic E-state index is 13.6. The summed E-state index contributed by atoms with van der Waals surface area (Å²) in [6, 6.07) is 8.21. The van der Waals surface area contributed by atoms with Gasteiger partial charge in [0.25, 0.3) is 5.91 Å². The lowest BCUT2D eigenvalue weighted by atomic mass is 9.99. The first kappa shape index (κ1) is 21.2. The quantitative estimate of drug-likeness (QED) is 0.429. The molecule has 1 aliphatic heterocycles. The second-order valence-corrected chi connectivity index (χ2v) is 7.29. The molecular formula is C22H22N4O6. The van der Waals surface area contributed by atoms with Crippen molar-refractivity contribution >= 4 is 11.6 Å². The fraction of sp³-hybridized carbons (Fsp3) is 0.273. The fourth-order valence-electron chi connectivity index (χ4n) is 3.89. The van der Waals surface area contributed by atoms with Crippen molar-refractivity contribution in [3.8, 4) is 28.4 Å². The lowest BCUT2D eigenvalue weighted by molar-refractivity contribution is -0.385. The first-order chi connectivity index (χ1) is 15.4. The second-order valence-electron chi connectivity index (χ2n) is 7.29. The summed E-state index contributed by atoms with van der Waals surface area (Å²) >= 11 is 0. The normalized spacial score (nSPS) is 12.6. The minimum Gasteiger partial charge on any atom is -0.497 e. The van der Waals surface area contributed by atoms with Gasteiger partial charge in [-0.25, -0.2) is 0 Å². The number of carbonyl (C=O) groups is 1. The SMILES string of the molecule is COc1ccc(CN2Cc3c(cnn3C)-c3cc([N+](=O)[O-])c(OC)cc3C2=O)c(OC)c1. The Morgan fingerprint density at radius 3 is 2.44 bits per heavy atom. The van der Waals surface area contributed by atoms with E-state index in [-0.39, 0.29) is 30.4 Å². The van der Waals surface area contributed by atoms with Crippen LogP contribution in [0.5, 0.6) is 17.2 Å². The molecule has 0 unspecified atom stereocenters. The van der Waals surface area contributed by atoms with Crippen molar-refractivity contribution in [3.05, 3.63) is 63.5 Å². The highest BCUT2D eigenvalue weighted by Crippen LogP contribution is 2.40. The molecule has 32 heavy (non-hydrogen) atoms. The minimum atomic E-state index is -0.523. The zero-order valence-corrected chi connectivity index (χ0v) is 18.1. The number of ether oxygens (including phenoxy) is 3. The van der Waals surface area contributed by atoms with E-state index < -0.39 is 4.92 Å². The molecule has 0 radical (unpaired) electrons. The van der Waals surface area contributed by atoms with Gasteiger partial charge in [0.1, 0.15) is 11.5 Å². The van der Waals surface area contributed by atoms with Crippen molar-refractivity contribution in [1.82, 2.24) is 14.7 Å². The molecule has 0 saturated carbocycles. The smallest absolute Gasteiger partial charge is 0.311 e. The summed E-state index contributed by atoms with van der Waals surface area (Å²) in [5.74, 6) is 0.982. The summed E-state index contributed by atoms with van der Waals surface area (Å²) in [6.07, 6.45) is 1.62. The maximum absolute atomic E-state index is 13.6. The molecule has 0 aliphatic carbocycles. The van der Waals surface area contributed by atoms with Crippen molar-refractivity contribution in [2.45, 2.75) is 13.1 Å². The molecule has 4 rings (SSSR count). The third-order valence-electron chi connectivity index (χ3n) is 5.58. The highest BCUT2D eigenvalue weighted by molar-refractivity contribution is 6.03. The molecule has 10 heteroatoms. The number of benzene rings is 2. The number of aromatic nitrogens is 2. The van der Waals surface area contributed by atoms with E-state index >= 15 is 0 Å². The molecule has 0 N–H and O–H groups in total. The third-order valence-corrected chi connectivity index (χ3v) is 5.58. The standard InChI is InChI=1S/C22H22N4O6/c1-24-19-12-25(11-13-5-6-14(30-2)7-20(13)31-3)22(27)16-9-21(32-4)18(26(28)29)8-15(16)17(19)10-23-24/h5-10H,11-12H2,1-4H3. The summed E-state index contributed by atoms with van der Waals surface area (Å²) in [6.45, 7) is 0.528. The van der Waals surface area contributed by atoms with E-state index in [0.29, 0.717) is 28.2 Å². The van der Waals surface area contributed by atoms with Crippen LogP contribution in [-0.2, 0) is 20.1 Å². The van der Waals surface area contributed by atoms with Crippen LogP contribution >= 0.6 is 0 Å². The van der Waals surface area contributed by atoms with Gasteiger partial charge in [-0.2, -0.15) is 5.10 Å². The number of fused-ring (bicyclic) bond motifs is 3. The molecule has 0 saturated heterocycles. The first-order valence-corrected chi connectivity index (χ1v) is 9.75. The Balaban J connectivity index is 1.85. The predicted octanol–water partition coefficient (Wildman–Crippen LogP) is 3.18. The molecule has 1 aromatic heterocycles. The Bertz CT molecular complexity index is 1220. The molecule has 0 atom stereocenters. The zero-order chi connectivity index (χ0) is 23.0. The van der Waals surface area contributed by atoms with Crippen molar-refractivity contribution in [2.75, 3.05) is 21.3 Å². The van der Waals surface area contributed by atoms with Crippen LogP contribution in [0.4, 0.5) is 5.69 Å². The summed E-state index contributed by atoms with van der Waals surface area (Å²) in [5.41, 5.74) is 2.79. The Hall–Kier alpha value is -4.08. The minimum absolute atomic E-state index is 0.0245. The molecule has 3 aromatic rings. The fourth-order valence-corrected chi connectivity index (χ4v) is 3.89. The number of rotatable bonds is 6. The van der Waals surface area contributed by atoms with Crippen molar-refractivity contribution < 1.29 is 23.9 Å². The average molecular weight is 438 g/mol. The van der Waals surface area contributed by atoms with E-state index in [2.05, 4.69) is 5.10 Å². The Kier molecular flexibility index (Phi) is 5.43. The van der Waals surface area contributed by atoms with E-state index in [4.69, 9.17) is 14.2 Å². The van der Waals surface area contributed by atoms with Crippen LogP contribution in [0, 0.1) is 10.1 Å². The Labute approximate surface area is 184 Å². The van der Waals surface area contributed by atoms with Gasteiger partial charge in [-0.3, -0.25) is 19.6 Å². The number of methoxy groups -OCH3 is 3. The van der Waals surface area contributed by atoms with Crippen LogP contribution in [0.25, 0.3) is 11.1 Å². The lowest BCUT2D eigenvalue weighted by Gasteiger charge is -2.23. The topological polar surface area (TPSA) is 109 Å². The van der Waals surface area contributed by atoms with Crippen molar-refractivity contribution in [2.24, 2.45) is 7.05 Å². The highest BCUT2D eigenvalue weighted by atomic mass is 16.6. The van der Waals surface area contributed by atoms with Gasteiger partial charge in [0.15, 0.2) is 5.75 Å². The van der Waals surface area contributed by atoms with Gasteiger partial charge >= 0.3 is 5.69 Å². The van der Waals surface area contributed by atoms with Crippen molar-refractivity contribution in [3.63, 3.8) is 0 Å². The summed E-state index contributed by atoms with van der Waals surface area (Å²) in [4.78, 5) is 26.3. The Morgan fingerprint density at radius 1 is 1.03 bits per heavy atom. The van der Waals surface area contributed by atoms with E-state index in [1.54, 1.807) is 49.2 Å². The summed E-state index contributed by atoms with van der Waals surface area (Å²) in [5, 5.41) is 15.9. The van der Waals surface area contributed by atoms with Crippen LogP contribution in [-0.4, -0.2) is 46.8 Å². The van der Waals surface area contributed by atoms with Gasteiger partial charge in [0.05, 0.1) is 56.8 Å². The third kappa shape index (κ3) is 3.49. The molecule has 2 aromatic carbocycles. The Morgan fingerprint density at radius 2 is 1.78 bits per heavy atom. The van der Waals surface area contributed by atoms with E-state index in [9.17, 15) is 14.9 Å². The molecule has 0 fully saturated rings. The summed E-state index contributed by atoms with van der Waals surface area (Å²) < 4.78 is 17.6. The van der Waals surface area contributed by atoms with Gasteiger partial charge < -0.3 is 19.1 Å². The number of hydrogen-bond acceptors (Lipinski definition) is 7. The van der Waals surface area contributed by atoms with E-state index in [1.165, 1.54) is 19.2 Å². The molecule has 2 heterocycles. The molecule has 166 valence electrons. The molecule has 0 bridgehead atoms. The number of nitro groups is 1. The number of amides is 1. The van der Waals surface area contributed by atoms with Crippen LogP contribution in [0.3, 0.4) is 0 Å². The van der Waals surface area contributed by atoms with Crippen LogP contribution in [0.1, 0.15) is 21.6 Å². The second kappa shape index (κ2) is 8.22. The van der Waals surface area contributed by atoms with Gasteiger partial charge in [-0.1, -0.05) is 0 Å². The number of aryl methyl sites for hydroxylation is 1. The van der Waals surface area contributed by atoms with Crippen LogP contribution in [0.15, 0.2) is 36.5 Å². The van der Waals surface area contributed by atoms with Gasteiger partial charge in [0, 0.05) is 41.9 Å². The van der Waals surface area contributed by atoms with Crippen molar-refractivity contribution in [1.29, 1.82) is 0 Å². The van der Waals surface area contributed by atoms with Crippen LogP contribution in [0.2, 0.25) is 0 Å². The number of nitro benzene ring substituents is 1. The van der Waals surface area contributed by atoms with Gasteiger partial charge in [0.2, 0.25) is 0 Å². The maximum Gasteiger partial charge on any atom is 0.311 e. The monoisotopic (exact) mass is 438 g/mol. The number of nitrogens with zero attached hydrogens (tertiary/aromatic N) is 4. The highest BCUT2D eigenvalue weighted by Gasteiger charge is 2.32. The first-order valence-electron chi connectivity index (χ1n) is 9.75. The molecule has 1 amide bonds. The molecule has 10 nitrogen and oxygen atoms in total. The largest absolute Gasteiger partial charge is 0.497 e. The summed E-state index contributed by atoms with van der Waals surface area (Å²) in [7, 11) is 6.24. The molecule has 0 spiro atoms. The zero-order valence-electron chi connectivity index (χ0n) is 18.1. The van der Waals surface area contributed by atoms with E-state index in [0.717, 1.165) is 11.3 Å². The van der Waals surface area contributed by atoms with E-state index in [1.807, 2.05) is 6.07 Å². The van der Waals surface area contributed by atoms with Crippen LogP contribution < -0.4 is 14.2 Å². The molecule has 1 aliphatic rings. The molecular weight excluding hydrogens is 416 g/mol. The van der Waals surface area contributed by atoms with Gasteiger partial charge in [-0.05, 0) is 12.1 Å². The number of carbonyl (C=O) groups excluding carboxylic acids is 1.